The van der Waals surface area contributed by atoms with Gasteiger partial charge in [-0.15, -0.1) is 0 Å². The number of hydrogen-bond acceptors (Lipinski definition) is 2. The molecule has 0 radical (unpaired) electrons. The first-order valence-corrected chi connectivity index (χ1v) is 20.8. The van der Waals surface area contributed by atoms with Crippen molar-refractivity contribution >= 4 is 43.7 Å². The van der Waals surface area contributed by atoms with Crippen molar-refractivity contribution in [3.8, 4) is 22.6 Å². The Kier molecular flexibility index (Phi) is 7.44. The fraction of sp³-hybridized carbons (Fsp3) is 0.185. The van der Waals surface area contributed by atoms with Gasteiger partial charge in [0.25, 0.3) is 0 Å². The highest BCUT2D eigenvalue weighted by atomic mass is 15.2. The van der Waals surface area contributed by atoms with E-state index in [1.54, 1.807) is 0 Å². The van der Waals surface area contributed by atoms with Crippen molar-refractivity contribution in [2.24, 2.45) is 0 Å². The number of nitrogens with one attached hydrogen (secondary N) is 1. The van der Waals surface area contributed by atoms with Crippen molar-refractivity contribution in [2.75, 3.05) is 0 Å². The van der Waals surface area contributed by atoms with E-state index in [2.05, 4.69) is 214 Å². The average Bonchev–Trinajstić information content (AvgIpc) is 3.98. The van der Waals surface area contributed by atoms with E-state index in [1.165, 1.54) is 55.1 Å². The number of aromatic nitrogens is 5. The average molecular weight is 766 g/mol. The van der Waals surface area contributed by atoms with Crippen LogP contribution in [0.1, 0.15) is 80.7 Å². The van der Waals surface area contributed by atoms with E-state index in [4.69, 9.17) is 10.1 Å². The minimum absolute atomic E-state index is 0.0304. The van der Waals surface area contributed by atoms with Gasteiger partial charge in [0.1, 0.15) is 5.65 Å². The Balaban J connectivity index is 1.31. The van der Waals surface area contributed by atoms with Gasteiger partial charge in [0.15, 0.2) is 5.82 Å². The molecule has 0 atom stereocenters. The molecule has 4 heterocycles. The highest BCUT2D eigenvalue weighted by molar-refractivity contribution is 6.10. The van der Waals surface area contributed by atoms with E-state index in [-0.39, 0.29) is 10.8 Å². The molecule has 0 bridgehead atoms. The van der Waals surface area contributed by atoms with E-state index in [9.17, 15) is 0 Å². The second kappa shape index (κ2) is 12.4. The summed E-state index contributed by atoms with van der Waals surface area (Å²) in [5, 5.41) is 12.7. The van der Waals surface area contributed by atoms with Crippen LogP contribution in [0.3, 0.4) is 0 Å². The highest BCUT2D eigenvalue weighted by Crippen LogP contribution is 2.58. The zero-order chi connectivity index (χ0) is 40.4. The minimum Gasteiger partial charge on any atom is -0.294 e. The van der Waals surface area contributed by atoms with E-state index >= 15 is 0 Å². The smallest absolute Gasteiger partial charge is 0.159 e. The molecular formula is C54H47N5. The molecule has 0 aliphatic heterocycles. The third-order valence-corrected chi connectivity index (χ3v) is 12.8. The molecule has 1 N–H and O–H groups in total. The van der Waals surface area contributed by atoms with Crippen LogP contribution in [-0.4, -0.2) is 24.3 Å². The predicted octanol–water partition coefficient (Wildman–Crippen LogP) is 13.3. The van der Waals surface area contributed by atoms with E-state index < -0.39 is 5.41 Å². The molecule has 1 aliphatic rings. The minimum atomic E-state index is -0.749. The summed E-state index contributed by atoms with van der Waals surface area (Å²) in [6.45, 7) is 15.9. The van der Waals surface area contributed by atoms with Gasteiger partial charge in [-0.1, -0.05) is 145 Å². The Morgan fingerprint density at radius 1 is 0.508 bits per heavy atom. The molecule has 11 rings (SSSR count). The zero-order valence-electron chi connectivity index (χ0n) is 34.7. The largest absolute Gasteiger partial charge is 0.294 e. The lowest BCUT2D eigenvalue weighted by molar-refractivity contribution is 0.589. The molecule has 0 saturated carbocycles. The summed E-state index contributed by atoms with van der Waals surface area (Å²) in [6.07, 6.45) is 0. The molecule has 5 nitrogen and oxygen atoms in total. The maximum Gasteiger partial charge on any atom is 0.159 e. The van der Waals surface area contributed by atoms with Crippen molar-refractivity contribution in [1.29, 1.82) is 0 Å². The van der Waals surface area contributed by atoms with Gasteiger partial charge in [-0.2, -0.15) is 5.10 Å². The van der Waals surface area contributed by atoms with Crippen LogP contribution < -0.4 is 0 Å². The van der Waals surface area contributed by atoms with Crippen LogP contribution in [0.2, 0.25) is 0 Å². The number of aromatic amines is 1. The first kappa shape index (κ1) is 35.4. The summed E-state index contributed by atoms with van der Waals surface area (Å²) in [7, 11) is 0. The van der Waals surface area contributed by atoms with Crippen LogP contribution in [0.4, 0.5) is 0 Å². The Morgan fingerprint density at radius 3 is 1.68 bits per heavy atom. The van der Waals surface area contributed by atoms with Crippen molar-refractivity contribution in [3.05, 3.63) is 191 Å². The summed E-state index contributed by atoms with van der Waals surface area (Å²) < 4.78 is 4.66. The monoisotopic (exact) mass is 765 g/mol. The third kappa shape index (κ3) is 5.10. The fourth-order valence-electron chi connectivity index (χ4n) is 9.86. The summed E-state index contributed by atoms with van der Waals surface area (Å²) in [5.74, 6) is 0.878. The van der Waals surface area contributed by atoms with Crippen LogP contribution in [0.25, 0.3) is 66.4 Å². The van der Waals surface area contributed by atoms with Gasteiger partial charge in [-0.25, -0.2) is 4.98 Å². The van der Waals surface area contributed by atoms with Crippen LogP contribution in [0.15, 0.2) is 152 Å². The van der Waals surface area contributed by atoms with Gasteiger partial charge in [0.2, 0.25) is 0 Å². The number of hydrogen-bond donors (Lipinski definition) is 1. The normalized spacial score (nSPS) is 13.8. The van der Waals surface area contributed by atoms with Crippen molar-refractivity contribution in [1.82, 2.24) is 24.3 Å². The Labute approximate surface area is 345 Å². The van der Waals surface area contributed by atoms with Gasteiger partial charge < -0.3 is 0 Å². The molecule has 1 aliphatic carbocycles. The molecule has 0 unspecified atom stereocenters. The Morgan fingerprint density at radius 2 is 1.07 bits per heavy atom. The summed E-state index contributed by atoms with van der Waals surface area (Å²) in [6, 6.07) is 56.3. The van der Waals surface area contributed by atoms with Crippen molar-refractivity contribution < 1.29 is 0 Å². The lowest BCUT2D eigenvalue weighted by atomic mass is 9.69. The van der Waals surface area contributed by atoms with Gasteiger partial charge >= 0.3 is 0 Å². The molecule has 4 aromatic heterocycles. The van der Waals surface area contributed by atoms with Crippen LogP contribution >= 0.6 is 0 Å². The number of H-pyrrole nitrogens is 1. The molecule has 0 spiro atoms. The molecular weight excluding hydrogens is 719 g/mol. The van der Waals surface area contributed by atoms with Gasteiger partial charge in [0.05, 0.1) is 27.7 Å². The SMILES string of the molecule is Cc1cc(-n2c3ccccc3c3ccc(C4(c5ccc6c7ccccc7n(-c7ccccc7)c6n5)c5ccc(C(C)(C)C)cc5-c5cc(C(C)(C)C)ccc54)cc32)n[nH]1. The Hall–Kier alpha value is -6.72. The lowest BCUT2D eigenvalue weighted by Crippen LogP contribution is -2.30. The zero-order valence-corrected chi connectivity index (χ0v) is 34.7. The van der Waals surface area contributed by atoms with Crippen molar-refractivity contribution in [3.63, 3.8) is 0 Å². The number of nitrogens with zero attached hydrogens (tertiary/aromatic N) is 4. The van der Waals surface area contributed by atoms with E-state index in [0.717, 1.165) is 50.5 Å². The van der Waals surface area contributed by atoms with Crippen LogP contribution in [-0.2, 0) is 16.2 Å². The fourth-order valence-corrected chi connectivity index (χ4v) is 9.86. The maximum absolute atomic E-state index is 5.91. The molecule has 6 aromatic carbocycles. The first-order chi connectivity index (χ1) is 28.4. The number of rotatable bonds is 4. The third-order valence-electron chi connectivity index (χ3n) is 12.8. The molecule has 0 saturated heterocycles. The first-order valence-electron chi connectivity index (χ1n) is 20.8. The van der Waals surface area contributed by atoms with E-state index in [0.29, 0.717) is 0 Å². The lowest BCUT2D eigenvalue weighted by Gasteiger charge is -2.33. The molecule has 0 fully saturated rings. The molecule has 5 heteroatoms. The highest BCUT2D eigenvalue weighted by Gasteiger charge is 2.48. The molecule has 59 heavy (non-hydrogen) atoms. The second-order valence-electron chi connectivity index (χ2n) is 18.5. The number of pyridine rings is 1. The quantitative estimate of drug-likeness (QED) is 0.194. The van der Waals surface area contributed by atoms with Crippen molar-refractivity contribution in [2.45, 2.75) is 64.7 Å². The predicted molar refractivity (Wildman–Crippen MR) is 245 cm³/mol. The second-order valence-corrected chi connectivity index (χ2v) is 18.5. The topological polar surface area (TPSA) is 51.4 Å². The van der Waals surface area contributed by atoms with Crippen LogP contribution in [0.5, 0.6) is 0 Å². The number of benzene rings is 6. The number of fused-ring (bicyclic) bond motifs is 9. The summed E-state index contributed by atoms with van der Waals surface area (Å²) in [4.78, 5) is 5.91. The van der Waals surface area contributed by atoms with Gasteiger partial charge in [-0.3, -0.25) is 14.2 Å². The summed E-state index contributed by atoms with van der Waals surface area (Å²) in [5.41, 5.74) is 15.5. The van der Waals surface area contributed by atoms with E-state index in [1.807, 2.05) is 0 Å². The molecule has 288 valence electrons. The summed E-state index contributed by atoms with van der Waals surface area (Å²) >= 11 is 0. The van der Waals surface area contributed by atoms with Gasteiger partial charge in [0, 0.05) is 39.0 Å². The Bertz CT molecular complexity index is 3240. The van der Waals surface area contributed by atoms with Gasteiger partial charge in [-0.05, 0) is 99.2 Å². The molecule has 0 amide bonds. The molecule has 10 aromatic rings. The van der Waals surface area contributed by atoms with Crippen LogP contribution in [0, 0.1) is 6.92 Å². The number of aryl methyl sites for hydroxylation is 1. The number of para-hydroxylation sites is 3. The maximum atomic E-state index is 5.91. The standard InChI is InChI=1S/C54H47N5/c1-33-29-50(57-56-33)59-47-20-14-11-17-38(47)40-24-21-36(32-48(40)59)54(44-26-22-34(52(2,3)4)30-42(44)43-31-35(53(5,6)7)23-27-45(43)54)49-28-25-41-39-18-12-13-19-46(39)58(51(41)55-49)37-15-9-8-10-16-37/h8-32H,1-7H3,(H,56,57).